The number of methoxy groups -OCH3 is 1. The molecule has 1 saturated heterocycles. The molecule has 1 N–H and O–H groups in total. The number of hydrogen-bond acceptors (Lipinski definition) is 3. The molecule has 142 valence electrons. The van der Waals surface area contributed by atoms with Gasteiger partial charge in [-0.25, -0.2) is 0 Å². The summed E-state index contributed by atoms with van der Waals surface area (Å²) in [6, 6.07) is 11.9. The molecule has 2 aromatic carbocycles. The van der Waals surface area contributed by atoms with Gasteiger partial charge in [0.05, 0.1) is 18.4 Å². The van der Waals surface area contributed by atoms with Gasteiger partial charge in [-0.05, 0) is 54.2 Å². The SMILES string of the molecule is COc1ccc2cc(C(C)C(=O)N3C[C@@H]4CCC[C@@]4(C(=O)O)C3)ccc2c1. The summed E-state index contributed by atoms with van der Waals surface area (Å²) in [5.41, 5.74) is 0.231. The lowest BCUT2D eigenvalue weighted by molar-refractivity contribution is -0.149. The normalized spacial score (nSPS) is 25.4. The number of benzene rings is 2. The number of hydrogen-bond donors (Lipinski definition) is 1. The largest absolute Gasteiger partial charge is 0.497 e. The van der Waals surface area contributed by atoms with Crippen LogP contribution < -0.4 is 4.74 Å². The van der Waals surface area contributed by atoms with Crippen molar-refractivity contribution in [2.45, 2.75) is 32.1 Å². The van der Waals surface area contributed by atoms with Crippen LogP contribution in [0.2, 0.25) is 0 Å². The van der Waals surface area contributed by atoms with Gasteiger partial charge < -0.3 is 14.7 Å². The van der Waals surface area contributed by atoms with Crippen molar-refractivity contribution in [3.63, 3.8) is 0 Å². The van der Waals surface area contributed by atoms with E-state index in [1.807, 2.05) is 43.3 Å². The van der Waals surface area contributed by atoms with E-state index in [1.54, 1.807) is 12.0 Å². The molecule has 0 aromatic heterocycles. The van der Waals surface area contributed by atoms with Crippen molar-refractivity contribution in [1.82, 2.24) is 4.90 Å². The first kappa shape index (κ1) is 17.8. The van der Waals surface area contributed by atoms with Gasteiger partial charge in [-0.3, -0.25) is 9.59 Å². The maximum Gasteiger partial charge on any atom is 0.311 e. The lowest BCUT2D eigenvalue weighted by atomic mass is 9.81. The molecule has 2 fully saturated rings. The molecule has 0 bridgehead atoms. The number of nitrogens with zero attached hydrogens (tertiary/aromatic N) is 1. The van der Waals surface area contributed by atoms with Gasteiger partial charge in [0, 0.05) is 13.1 Å². The highest BCUT2D eigenvalue weighted by Gasteiger charge is 2.56. The Hall–Kier alpha value is -2.56. The summed E-state index contributed by atoms with van der Waals surface area (Å²) in [7, 11) is 1.64. The highest BCUT2D eigenvalue weighted by Crippen LogP contribution is 2.49. The molecule has 5 nitrogen and oxygen atoms in total. The van der Waals surface area contributed by atoms with Gasteiger partial charge in [0.1, 0.15) is 5.75 Å². The number of amides is 1. The minimum atomic E-state index is -0.743. The molecule has 0 spiro atoms. The van der Waals surface area contributed by atoms with Crippen molar-refractivity contribution < 1.29 is 19.4 Å². The Bertz CT molecular complexity index is 908. The molecule has 1 saturated carbocycles. The molecule has 1 amide bonds. The number of aliphatic carboxylic acids is 1. The van der Waals surface area contributed by atoms with Crippen LogP contribution in [0.15, 0.2) is 36.4 Å². The van der Waals surface area contributed by atoms with Crippen LogP contribution in [-0.4, -0.2) is 42.1 Å². The maximum absolute atomic E-state index is 13.1. The van der Waals surface area contributed by atoms with Crippen LogP contribution in [0.1, 0.15) is 37.7 Å². The van der Waals surface area contributed by atoms with Gasteiger partial charge in [-0.1, -0.05) is 30.7 Å². The van der Waals surface area contributed by atoms with Gasteiger partial charge in [-0.2, -0.15) is 0 Å². The van der Waals surface area contributed by atoms with E-state index in [0.717, 1.165) is 34.9 Å². The zero-order chi connectivity index (χ0) is 19.2. The van der Waals surface area contributed by atoms with Crippen molar-refractivity contribution >= 4 is 22.6 Å². The molecule has 2 aliphatic rings. The number of likely N-dealkylation sites (tertiary alicyclic amines) is 1. The van der Waals surface area contributed by atoms with Crippen molar-refractivity contribution in [1.29, 1.82) is 0 Å². The Balaban J connectivity index is 1.56. The first-order valence-electron chi connectivity index (χ1n) is 9.54. The van der Waals surface area contributed by atoms with Gasteiger partial charge in [0.15, 0.2) is 0 Å². The average molecular weight is 367 g/mol. The number of ether oxygens (including phenoxy) is 1. The van der Waals surface area contributed by atoms with Crippen LogP contribution in [0.25, 0.3) is 10.8 Å². The van der Waals surface area contributed by atoms with Crippen LogP contribution in [0.5, 0.6) is 5.75 Å². The predicted octanol–water partition coefficient (Wildman–Crippen LogP) is 3.67. The number of fused-ring (bicyclic) bond motifs is 2. The van der Waals surface area contributed by atoms with Crippen LogP contribution >= 0.6 is 0 Å². The monoisotopic (exact) mass is 367 g/mol. The second-order valence-corrected chi connectivity index (χ2v) is 7.96. The van der Waals surface area contributed by atoms with Crippen LogP contribution in [-0.2, 0) is 9.59 Å². The molecule has 1 unspecified atom stereocenters. The molecular formula is C22H25NO4. The molecule has 0 radical (unpaired) electrons. The first-order chi connectivity index (χ1) is 12.9. The zero-order valence-corrected chi connectivity index (χ0v) is 15.8. The Kier molecular flexibility index (Phi) is 4.33. The van der Waals surface area contributed by atoms with E-state index in [9.17, 15) is 14.7 Å². The minimum Gasteiger partial charge on any atom is -0.497 e. The highest BCUT2D eigenvalue weighted by atomic mass is 16.5. The van der Waals surface area contributed by atoms with E-state index in [-0.39, 0.29) is 17.7 Å². The Morgan fingerprint density at radius 3 is 2.67 bits per heavy atom. The zero-order valence-electron chi connectivity index (χ0n) is 15.8. The van der Waals surface area contributed by atoms with Crippen LogP contribution in [0.4, 0.5) is 0 Å². The molecular weight excluding hydrogens is 342 g/mol. The van der Waals surface area contributed by atoms with E-state index in [0.29, 0.717) is 19.5 Å². The lowest BCUT2D eigenvalue weighted by Gasteiger charge is -2.25. The molecule has 4 rings (SSSR count). The summed E-state index contributed by atoms with van der Waals surface area (Å²) >= 11 is 0. The van der Waals surface area contributed by atoms with E-state index in [4.69, 9.17) is 4.74 Å². The predicted molar refractivity (Wildman–Crippen MR) is 103 cm³/mol. The molecule has 27 heavy (non-hydrogen) atoms. The fourth-order valence-corrected chi connectivity index (χ4v) is 4.86. The smallest absolute Gasteiger partial charge is 0.311 e. The topological polar surface area (TPSA) is 66.8 Å². The highest BCUT2D eigenvalue weighted by molar-refractivity contribution is 5.89. The van der Waals surface area contributed by atoms with Gasteiger partial charge >= 0.3 is 5.97 Å². The van der Waals surface area contributed by atoms with Gasteiger partial charge in [-0.15, -0.1) is 0 Å². The standard InChI is InChI=1S/C22H25NO4/c1-14(15-5-6-17-11-19(27-2)8-7-16(17)10-15)20(24)23-12-18-4-3-9-22(18,13-23)21(25)26/h5-8,10-11,14,18H,3-4,9,12-13H2,1-2H3,(H,25,26)/t14?,18-,22+/m0/s1. The lowest BCUT2D eigenvalue weighted by Crippen LogP contribution is -2.38. The quantitative estimate of drug-likeness (QED) is 0.895. The van der Waals surface area contributed by atoms with E-state index >= 15 is 0 Å². The van der Waals surface area contributed by atoms with Crippen molar-refractivity contribution in [2.24, 2.45) is 11.3 Å². The summed E-state index contributed by atoms with van der Waals surface area (Å²) in [6.45, 7) is 2.83. The third kappa shape index (κ3) is 2.85. The number of rotatable bonds is 4. The molecule has 3 atom stereocenters. The summed E-state index contributed by atoms with van der Waals surface area (Å²) in [5.74, 6) is -0.108. The maximum atomic E-state index is 13.1. The Labute approximate surface area is 158 Å². The number of carboxylic acid groups (broad SMARTS) is 1. The van der Waals surface area contributed by atoms with Crippen molar-refractivity contribution in [2.75, 3.05) is 20.2 Å². The van der Waals surface area contributed by atoms with Crippen LogP contribution in [0.3, 0.4) is 0 Å². The Morgan fingerprint density at radius 2 is 1.96 bits per heavy atom. The molecule has 2 aromatic rings. The third-order valence-electron chi connectivity index (χ3n) is 6.55. The summed E-state index contributed by atoms with van der Waals surface area (Å²) < 4.78 is 5.26. The fraction of sp³-hybridized carbons (Fsp3) is 0.455. The van der Waals surface area contributed by atoms with Gasteiger partial charge in [0.25, 0.3) is 0 Å². The van der Waals surface area contributed by atoms with Crippen LogP contribution in [0, 0.1) is 11.3 Å². The van der Waals surface area contributed by atoms with Crippen molar-refractivity contribution in [3.05, 3.63) is 42.0 Å². The molecule has 1 heterocycles. The first-order valence-corrected chi connectivity index (χ1v) is 9.54. The fourth-order valence-electron chi connectivity index (χ4n) is 4.86. The van der Waals surface area contributed by atoms with E-state index in [2.05, 4.69) is 0 Å². The molecule has 5 heteroatoms. The summed E-state index contributed by atoms with van der Waals surface area (Å²) in [6.07, 6.45) is 2.54. The number of carboxylic acids is 1. The van der Waals surface area contributed by atoms with E-state index < -0.39 is 11.4 Å². The van der Waals surface area contributed by atoms with Gasteiger partial charge in [0.2, 0.25) is 5.91 Å². The van der Waals surface area contributed by atoms with Crippen molar-refractivity contribution in [3.8, 4) is 5.75 Å². The average Bonchev–Trinajstić information content (AvgIpc) is 3.24. The Morgan fingerprint density at radius 1 is 1.22 bits per heavy atom. The number of carbonyl (C=O) groups is 2. The molecule has 1 aliphatic carbocycles. The number of carbonyl (C=O) groups excluding carboxylic acids is 1. The summed E-state index contributed by atoms with van der Waals surface area (Å²) in [5, 5.41) is 11.9. The molecule has 1 aliphatic heterocycles. The summed E-state index contributed by atoms with van der Waals surface area (Å²) in [4.78, 5) is 26.7. The van der Waals surface area contributed by atoms with E-state index in [1.165, 1.54) is 0 Å². The third-order valence-corrected chi connectivity index (χ3v) is 6.55. The second-order valence-electron chi connectivity index (χ2n) is 7.96. The minimum absolute atomic E-state index is 0.0258. The second kappa shape index (κ2) is 6.55.